The van der Waals surface area contributed by atoms with Crippen LogP contribution in [0.15, 0.2) is 18.2 Å². The van der Waals surface area contributed by atoms with Crippen LogP contribution in [0.2, 0.25) is 0 Å². The Balaban J connectivity index is 2.00. The Bertz CT molecular complexity index is 601. The van der Waals surface area contributed by atoms with Crippen LogP contribution in [-0.2, 0) is 25.6 Å². The number of hydrogen-bond acceptors (Lipinski definition) is 4. The van der Waals surface area contributed by atoms with Crippen molar-refractivity contribution in [1.29, 1.82) is 0 Å². The Kier molecular flexibility index (Phi) is 3.05. The van der Waals surface area contributed by atoms with Crippen molar-refractivity contribution >= 4 is 5.69 Å². The van der Waals surface area contributed by atoms with Crippen LogP contribution in [0, 0.1) is 0 Å². The molecule has 0 radical (unpaired) electrons. The molecule has 1 aromatic carbocycles. The maximum Gasteiger partial charge on any atom is 0.124 e. The summed E-state index contributed by atoms with van der Waals surface area (Å²) in [6, 6.07) is 6.26. The number of ether oxygens (including phenoxy) is 1. The number of fused-ring (bicyclic) bond motifs is 1. The van der Waals surface area contributed by atoms with Crippen LogP contribution >= 0.6 is 0 Å². The van der Waals surface area contributed by atoms with E-state index < -0.39 is 11.2 Å². The van der Waals surface area contributed by atoms with E-state index in [0.29, 0.717) is 0 Å². The Labute approximate surface area is 133 Å². The normalized spacial score (nSPS) is 27.0. The molecule has 0 spiro atoms. The second-order valence-corrected chi connectivity index (χ2v) is 8.31. The summed E-state index contributed by atoms with van der Waals surface area (Å²) >= 11 is 0. The van der Waals surface area contributed by atoms with Gasteiger partial charge in [0, 0.05) is 0 Å². The van der Waals surface area contributed by atoms with E-state index in [1.807, 2.05) is 33.8 Å². The highest BCUT2D eigenvalue weighted by atomic mass is 17.0. The van der Waals surface area contributed by atoms with Gasteiger partial charge in [0.1, 0.15) is 11.2 Å². The van der Waals surface area contributed by atoms with Crippen LogP contribution in [0.5, 0.6) is 0 Å². The number of nitrogens with zero attached hydrogens (tertiary/aromatic N) is 1. The first-order chi connectivity index (χ1) is 9.86. The predicted molar refractivity (Wildman–Crippen MR) is 86.4 cm³/mol. The van der Waals surface area contributed by atoms with E-state index in [2.05, 4.69) is 39.8 Å². The summed E-state index contributed by atoms with van der Waals surface area (Å²) in [5.74, 6) is 0. The Hall–Kier alpha value is -1.10. The molecule has 2 heterocycles. The molecule has 1 fully saturated rings. The van der Waals surface area contributed by atoms with E-state index in [9.17, 15) is 0 Å². The van der Waals surface area contributed by atoms with E-state index in [4.69, 9.17) is 14.4 Å². The third kappa shape index (κ3) is 2.16. The third-order valence-corrected chi connectivity index (χ3v) is 5.09. The van der Waals surface area contributed by atoms with Crippen molar-refractivity contribution in [2.75, 3.05) is 5.23 Å². The number of hydrogen-bond donors (Lipinski definition) is 0. The van der Waals surface area contributed by atoms with Crippen LogP contribution in [0.1, 0.15) is 66.5 Å². The molecule has 22 heavy (non-hydrogen) atoms. The molecule has 0 aliphatic carbocycles. The Morgan fingerprint density at radius 3 is 1.77 bits per heavy atom. The first kappa shape index (κ1) is 15.8. The quantitative estimate of drug-likeness (QED) is 0.768. The zero-order chi connectivity index (χ0) is 16.6. The predicted octanol–water partition coefficient (Wildman–Crippen LogP) is 4.43. The third-order valence-electron chi connectivity index (χ3n) is 5.09. The van der Waals surface area contributed by atoms with Crippen molar-refractivity contribution in [2.24, 2.45) is 0 Å². The second-order valence-electron chi connectivity index (χ2n) is 8.31. The SMILES string of the molecule is CC1(C)OC(C)(C)c2cc(N3OC(C)(C)C(C)(C)O3)ccc21. The number of benzene rings is 1. The Morgan fingerprint density at radius 2 is 1.23 bits per heavy atom. The van der Waals surface area contributed by atoms with E-state index in [-0.39, 0.29) is 11.2 Å². The highest BCUT2D eigenvalue weighted by Crippen LogP contribution is 2.48. The molecular weight excluding hydrogens is 278 g/mol. The molecule has 122 valence electrons. The lowest BCUT2D eigenvalue weighted by Gasteiger charge is -2.26. The summed E-state index contributed by atoms with van der Waals surface area (Å²) in [7, 11) is 0. The summed E-state index contributed by atoms with van der Waals surface area (Å²) in [6.07, 6.45) is 0. The fourth-order valence-electron chi connectivity index (χ4n) is 3.18. The molecule has 3 rings (SSSR count). The van der Waals surface area contributed by atoms with Gasteiger partial charge >= 0.3 is 0 Å². The van der Waals surface area contributed by atoms with Crippen LogP contribution in [0.3, 0.4) is 0 Å². The van der Waals surface area contributed by atoms with Crippen LogP contribution in [0.4, 0.5) is 5.69 Å². The zero-order valence-corrected chi connectivity index (χ0v) is 14.9. The second kappa shape index (κ2) is 4.25. The minimum absolute atomic E-state index is 0.275. The molecule has 2 aliphatic heterocycles. The van der Waals surface area contributed by atoms with Gasteiger partial charge in [0.2, 0.25) is 0 Å². The molecular formula is C18H27NO3. The lowest BCUT2D eigenvalue weighted by molar-refractivity contribution is -0.105. The summed E-state index contributed by atoms with van der Waals surface area (Å²) in [5, 5.41) is 1.54. The summed E-state index contributed by atoms with van der Waals surface area (Å²) in [4.78, 5) is 12.0. The van der Waals surface area contributed by atoms with Gasteiger partial charge in [-0.1, -0.05) is 6.07 Å². The topological polar surface area (TPSA) is 30.9 Å². The average molecular weight is 305 g/mol. The minimum Gasteiger partial charge on any atom is -0.360 e. The van der Waals surface area contributed by atoms with Crippen molar-refractivity contribution in [3.8, 4) is 0 Å². The van der Waals surface area contributed by atoms with Crippen molar-refractivity contribution < 1.29 is 14.4 Å². The largest absolute Gasteiger partial charge is 0.360 e. The van der Waals surface area contributed by atoms with Gasteiger partial charge in [-0.15, -0.1) is 5.23 Å². The average Bonchev–Trinajstić information content (AvgIpc) is 2.67. The molecule has 1 aromatic rings. The fourth-order valence-corrected chi connectivity index (χ4v) is 3.18. The Morgan fingerprint density at radius 1 is 0.727 bits per heavy atom. The van der Waals surface area contributed by atoms with Gasteiger partial charge < -0.3 is 4.74 Å². The van der Waals surface area contributed by atoms with E-state index in [1.54, 1.807) is 5.23 Å². The van der Waals surface area contributed by atoms with Crippen molar-refractivity contribution in [2.45, 2.75) is 77.8 Å². The smallest absolute Gasteiger partial charge is 0.124 e. The molecule has 1 saturated heterocycles. The highest BCUT2D eigenvalue weighted by molar-refractivity contribution is 5.53. The standard InChI is InChI=1S/C18H27NO3/c1-15(2)13-10-9-12(11-14(13)16(3,4)20-15)19-21-17(5,6)18(7,8)22-19/h9-11H,1-8H3. The van der Waals surface area contributed by atoms with Crippen molar-refractivity contribution in [1.82, 2.24) is 0 Å². The van der Waals surface area contributed by atoms with Gasteiger partial charge in [-0.2, -0.15) is 0 Å². The highest BCUT2D eigenvalue weighted by Gasteiger charge is 2.50. The van der Waals surface area contributed by atoms with Gasteiger partial charge in [0.25, 0.3) is 0 Å². The van der Waals surface area contributed by atoms with Crippen LogP contribution < -0.4 is 5.23 Å². The van der Waals surface area contributed by atoms with Gasteiger partial charge in [0.05, 0.1) is 16.9 Å². The molecule has 0 N–H and O–H groups in total. The minimum atomic E-state index is -0.392. The number of anilines is 1. The van der Waals surface area contributed by atoms with Crippen molar-refractivity contribution in [3.63, 3.8) is 0 Å². The number of rotatable bonds is 1. The molecule has 0 unspecified atom stereocenters. The maximum atomic E-state index is 6.21. The summed E-state index contributed by atoms with van der Waals surface area (Å²) < 4.78 is 6.21. The van der Waals surface area contributed by atoms with Gasteiger partial charge in [0.15, 0.2) is 0 Å². The maximum absolute atomic E-state index is 6.21. The molecule has 0 atom stereocenters. The first-order valence-corrected chi connectivity index (χ1v) is 7.89. The van der Waals surface area contributed by atoms with Gasteiger partial charge in [-0.25, -0.2) is 9.68 Å². The fraction of sp³-hybridized carbons (Fsp3) is 0.667. The van der Waals surface area contributed by atoms with Crippen molar-refractivity contribution in [3.05, 3.63) is 29.3 Å². The molecule has 2 aliphatic rings. The molecule has 0 aromatic heterocycles. The first-order valence-electron chi connectivity index (χ1n) is 7.89. The summed E-state index contributed by atoms with van der Waals surface area (Å²) in [6.45, 7) is 16.6. The monoisotopic (exact) mass is 305 g/mol. The van der Waals surface area contributed by atoms with Crippen LogP contribution in [0.25, 0.3) is 0 Å². The molecule has 0 bridgehead atoms. The van der Waals surface area contributed by atoms with E-state index >= 15 is 0 Å². The van der Waals surface area contributed by atoms with E-state index in [1.165, 1.54) is 11.1 Å². The van der Waals surface area contributed by atoms with E-state index in [0.717, 1.165) is 5.69 Å². The molecule has 4 nitrogen and oxygen atoms in total. The zero-order valence-electron chi connectivity index (χ0n) is 14.9. The van der Waals surface area contributed by atoms with Crippen LogP contribution in [-0.4, -0.2) is 11.2 Å². The molecule has 4 heteroatoms. The molecule has 0 saturated carbocycles. The van der Waals surface area contributed by atoms with Gasteiger partial charge in [-0.05, 0) is 78.6 Å². The lowest BCUT2D eigenvalue weighted by Crippen LogP contribution is -2.41. The molecule has 0 amide bonds. The summed E-state index contributed by atoms with van der Waals surface area (Å²) in [5.41, 5.74) is 1.92. The van der Waals surface area contributed by atoms with Gasteiger partial charge in [-0.3, -0.25) is 0 Å². The lowest BCUT2D eigenvalue weighted by atomic mass is 9.90.